The molecule has 3 nitrogen and oxygen atoms in total. The molecular weight excluding hydrogens is 202 g/mol. The molecule has 1 atom stereocenters. The van der Waals surface area contributed by atoms with Gasteiger partial charge in [0.05, 0.1) is 0 Å². The number of benzene rings is 1. The Morgan fingerprint density at radius 2 is 2.25 bits per heavy atom. The lowest BCUT2D eigenvalue weighted by molar-refractivity contribution is 0.174. The third kappa shape index (κ3) is 2.47. The zero-order valence-corrected chi connectivity index (χ0v) is 9.32. The van der Waals surface area contributed by atoms with E-state index >= 15 is 0 Å². The summed E-state index contributed by atoms with van der Waals surface area (Å²) in [6.45, 7) is 3.19. The fraction of sp³-hybridized carbons (Fsp3) is 0.385. The van der Waals surface area contributed by atoms with Crippen LogP contribution in [0.15, 0.2) is 18.2 Å². The maximum absolute atomic E-state index is 5.31. The fourth-order valence-corrected chi connectivity index (χ4v) is 1.59. The van der Waals surface area contributed by atoms with Crippen LogP contribution in [0.4, 0.5) is 0 Å². The second kappa shape index (κ2) is 4.91. The van der Waals surface area contributed by atoms with Crippen LogP contribution in [0.1, 0.15) is 18.9 Å². The van der Waals surface area contributed by atoms with Crippen LogP contribution in [0.5, 0.6) is 11.5 Å². The maximum Gasteiger partial charge on any atom is 0.231 e. The Morgan fingerprint density at radius 1 is 1.44 bits per heavy atom. The monoisotopic (exact) mass is 217 g/mol. The van der Waals surface area contributed by atoms with Crippen molar-refractivity contribution in [1.29, 1.82) is 0 Å². The minimum absolute atomic E-state index is 0.319. The van der Waals surface area contributed by atoms with Gasteiger partial charge in [-0.05, 0) is 24.6 Å². The average molecular weight is 217 g/mol. The van der Waals surface area contributed by atoms with Crippen LogP contribution in [-0.4, -0.2) is 12.8 Å². The molecule has 1 heterocycles. The molecule has 84 valence electrons. The minimum Gasteiger partial charge on any atom is -0.454 e. The Balaban J connectivity index is 1.93. The van der Waals surface area contributed by atoms with Crippen molar-refractivity contribution in [2.45, 2.75) is 25.9 Å². The molecule has 0 saturated heterocycles. The van der Waals surface area contributed by atoms with E-state index in [-0.39, 0.29) is 0 Å². The van der Waals surface area contributed by atoms with Gasteiger partial charge in [0.2, 0.25) is 6.79 Å². The second-order valence-corrected chi connectivity index (χ2v) is 3.88. The summed E-state index contributed by atoms with van der Waals surface area (Å²) in [6.07, 6.45) is 5.99. The highest BCUT2D eigenvalue weighted by Crippen LogP contribution is 2.32. The molecule has 1 unspecified atom stereocenters. The van der Waals surface area contributed by atoms with Gasteiger partial charge < -0.3 is 14.8 Å². The number of hydrogen-bond acceptors (Lipinski definition) is 3. The summed E-state index contributed by atoms with van der Waals surface area (Å²) in [5.74, 6) is 4.28. The molecule has 2 rings (SSSR count). The highest BCUT2D eigenvalue weighted by atomic mass is 16.7. The van der Waals surface area contributed by atoms with E-state index in [1.165, 1.54) is 5.56 Å². The molecule has 1 aromatic rings. The van der Waals surface area contributed by atoms with Crippen LogP contribution < -0.4 is 14.8 Å². The summed E-state index contributed by atoms with van der Waals surface area (Å²) < 4.78 is 10.6. The maximum atomic E-state index is 5.31. The van der Waals surface area contributed by atoms with Gasteiger partial charge in [0.25, 0.3) is 0 Å². The molecule has 3 heteroatoms. The molecule has 1 N–H and O–H groups in total. The third-order valence-electron chi connectivity index (χ3n) is 2.52. The zero-order valence-electron chi connectivity index (χ0n) is 9.32. The van der Waals surface area contributed by atoms with Crippen LogP contribution in [0.25, 0.3) is 0 Å². The molecular formula is C13H15NO2. The summed E-state index contributed by atoms with van der Waals surface area (Å²) in [6, 6.07) is 6.29. The predicted molar refractivity (Wildman–Crippen MR) is 62.3 cm³/mol. The van der Waals surface area contributed by atoms with E-state index < -0.39 is 0 Å². The molecule has 1 aromatic carbocycles. The molecule has 16 heavy (non-hydrogen) atoms. The molecule has 1 aliphatic rings. The van der Waals surface area contributed by atoms with E-state index in [9.17, 15) is 0 Å². The SMILES string of the molecule is C#CCC(C)NCc1ccc2c(c1)OCO2. The summed E-state index contributed by atoms with van der Waals surface area (Å²) in [5, 5.41) is 3.35. The summed E-state index contributed by atoms with van der Waals surface area (Å²) in [5.41, 5.74) is 1.17. The summed E-state index contributed by atoms with van der Waals surface area (Å²) >= 11 is 0. The van der Waals surface area contributed by atoms with E-state index in [1.54, 1.807) is 0 Å². The summed E-state index contributed by atoms with van der Waals surface area (Å²) in [4.78, 5) is 0. The van der Waals surface area contributed by atoms with Crippen molar-refractivity contribution in [1.82, 2.24) is 5.32 Å². The van der Waals surface area contributed by atoms with Crippen molar-refractivity contribution in [2.75, 3.05) is 6.79 Å². The van der Waals surface area contributed by atoms with Crippen LogP contribution in [0.3, 0.4) is 0 Å². The highest BCUT2D eigenvalue weighted by molar-refractivity contribution is 5.44. The van der Waals surface area contributed by atoms with Gasteiger partial charge in [-0.25, -0.2) is 0 Å². The molecule has 0 saturated carbocycles. The van der Waals surface area contributed by atoms with Gasteiger partial charge in [-0.1, -0.05) is 6.07 Å². The third-order valence-corrected chi connectivity index (χ3v) is 2.52. The second-order valence-electron chi connectivity index (χ2n) is 3.88. The molecule has 0 aromatic heterocycles. The van der Waals surface area contributed by atoms with Crippen molar-refractivity contribution in [3.63, 3.8) is 0 Å². The quantitative estimate of drug-likeness (QED) is 0.781. The first-order valence-corrected chi connectivity index (χ1v) is 5.35. The number of nitrogens with one attached hydrogen (secondary N) is 1. The minimum atomic E-state index is 0.319. The first kappa shape index (κ1) is 10.8. The van der Waals surface area contributed by atoms with Gasteiger partial charge in [0.15, 0.2) is 11.5 Å². The number of rotatable bonds is 4. The molecule has 0 spiro atoms. The van der Waals surface area contributed by atoms with Gasteiger partial charge in [0.1, 0.15) is 0 Å². The fourth-order valence-electron chi connectivity index (χ4n) is 1.59. The molecule has 0 aliphatic carbocycles. The Labute approximate surface area is 95.8 Å². The van der Waals surface area contributed by atoms with Crippen LogP contribution in [-0.2, 0) is 6.54 Å². The summed E-state index contributed by atoms with van der Waals surface area (Å²) in [7, 11) is 0. The van der Waals surface area contributed by atoms with Gasteiger partial charge in [-0.15, -0.1) is 12.3 Å². The Hall–Kier alpha value is -1.66. The lowest BCUT2D eigenvalue weighted by Crippen LogP contribution is -2.24. The lowest BCUT2D eigenvalue weighted by atomic mass is 10.2. The Bertz CT molecular complexity index is 409. The largest absolute Gasteiger partial charge is 0.454 e. The van der Waals surface area contributed by atoms with E-state index in [0.717, 1.165) is 24.5 Å². The first-order chi connectivity index (χ1) is 7.79. The van der Waals surface area contributed by atoms with Gasteiger partial charge in [-0.2, -0.15) is 0 Å². The number of hydrogen-bond donors (Lipinski definition) is 1. The van der Waals surface area contributed by atoms with Crippen molar-refractivity contribution in [2.24, 2.45) is 0 Å². The zero-order chi connectivity index (χ0) is 11.4. The van der Waals surface area contributed by atoms with Crippen molar-refractivity contribution in [3.8, 4) is 23.8 Å². The lowest BCUT2D eigenvalue weighted by Gasteiger charge is -2.10. The van der Waals surface area contributed by atoms with Crippen molar-refractivity contribution < 1.29 is 9.47 Å². The smallest absolute Gasteiger partial charge is 0.231 e. The number of fused-ring (bicyclic) bond motifs is 1. The van der Waals surface area contributed by atoms with Crippen LogP contribution in [0, 0.1) is 12.3 Å². The van der Waals surface area contributed by atoms with Crippen LogP contribution >= 0.6 is 0 Å². The predicted octanol–water partition coefficient (Wildman–Crippen LogP) is 1.92. The molecule has 0 radical (unpaired) electrons. The molecule has 0 amide bonds. The molecule has 0 bridgehead atoms. The normalized spacial score (nSPS) is 14.5. The molecule has 0 fully saturated rings. The van der Waals surface area contributed by atoms with Crippen molar-refractivity contribution in [3.05, 3.63) is 23.8 Å². The van der Waals surface area contributed by atoms with E-state index in [1.807, 2.05) is 18.2 Å². The van der Waals surface area contributed by atoms with Gasteiger partial charge >= 0.3 is 0 Å². The first-order valence-electron chi connectivity index (χ1n) is 5.35. The highest BCUT2D eigenvalue weighted by Gasteiger charge is 2.13. The number of ether oxygens (including phenoxy) is 2. The van der Waals surface area contributed by atoms with E-state index in [2.05, 4.69) is 18.2 Å². The average Bonchev–Trinajstić information content (AvgIpc) is 2.74. The van der Waals surface area contributed by atoms with E-state index in [4.69, 9.17) is 15.9 Å². The van der Waals surface area contributed by atoms with Crippen molar-refractivity contribution >= 4 is 0 Å². The molecule has 1 aliphatic heterocycles. The van der Waals surface area contributed by atoms with Gasteiger partial charge in [-0.3, -0.25) is 0 Å². The van der Waals surface area contributed by atoms with Crippen LogP contribution in [0.2, 0.25) is 0 Å². The topological polar surface area (TPSA) is 30.5 Å². The standard InChI is InChI=1S/C13H15NO2/c1-3-4-10(2)14-8-11-5-6-12-13(7-11)16-9-15-12/h1,5-7,10,14H,4,8-9H2,2H3. The van der Waals surface area contributed by atoms with E-state index in [0.29, 0.717) is 12.8 Å². The van der Waals surface area contributed by atoms with Gasteiger partial charge in [0, 0.05) is 19.0 Å². The Kier molecular flexibility index (Phi) is 3.33. The Morgan fingerprint density at radius 3 is 3.06 bits per heavy atom. The number of terminal acetylenes is 1.